The molecule has 0 atom stereocenters. The van der Waals surface area contributed by atoms with Crippen LogP contribution in [0.2, 0.25) is 0 Å². The Morgan fingerprint density at radius 3 is 2.30 bits per heavy atom. The molecule has 0 radical (unpaired) electrons. The maximum atomic E-state index is 12.2. The third-order valence-electron chi connectivity index (χ3n) is 4.53. The zero-order chi connectivity index (χ0) is 21.3. The highest BCUT2D eigenvalue weighted by Crippen LogP contribution is 2.24. The molecule has 0 aliphatic rings. The molecule has 2 amide bonds. The summed E-state index contributed by atoms with van der Waals surface area (Å²) in [5.74, 6) is -0.385. The van der Waals surface area contributed by atoms with E-state index in [0.717, 1.165) is 22.5 Å². The maximum Gasteiger partial charge on any atom is 0.239 e. The van der Waals surface area contributed by atoms with Gasteiger partial charge in [-0.15, -0.1) is 0 Å². The number of nitrogens with one attached hydrogen (secondary N) is 2. The minimum absolute atomic E-state index is 0.0122. The number of hydrogen-bond donors (Lipinski definition) is 2. The lowest BCUT2D eigenvalue weighted by molar-refractivity contribution is -0.126. The molecule has 0 saturated heterocycles. The Hall–Kier alpha value is -3.45. The summed E-state index contributed by atoms with van der Waals surface area (Å²) in [7, 11) is 1.88. The largest absolute Gasteiger partial charge is 0.355 e. The number of aromatic nitrogens is 2. The molecule has 0 aliphatic carbocycles. The quantitative estimate of drug-likeness (QED) is 0.572. The van der Waals surface area contributed by atoms with Crippen LogP contribution in [0.5, 0.6) is 0 Å². The summed E-state index contributed by atoms with van der Waals surface area (Å²) < 4.78 is 1.86. The van der Waals surface area contributed by atoms with Gasteiger partial charge in [-0.1, -0.05) is 48.5 Å². The maximum absolute atomic E-state index is 12.2. The molecule has 0 unspecified atom stereocenters. The fraction of sp³-hybridized carbons (Fsp3) is 0.261. The molecule has 7 nitrogen and oxygen atoms in total. The average Bonchev–Trinajstić information content (AvgIpc) is 3.17. The number of nitrogens with zero attached hydrogens (tertiary/aromatic N) is 3. The molecule has 30 heavy (non-hydrogen) atoms. The van der Waals surface area contributed by atoms with E-state index in [1.54, 1.807) is 0 Å². The van der Waals surface area contributed by atoms with Gasteiger partial charge in [0.2, 0.25) is 11.8 Å². The molecule has 2 aromatic carbocycles. The third-order valence-corrected chi connectivity index (χ3v) is 4.53. The van der Waals surface area contributed by atoms with E-state index in [1.165, 1.54) is 0 Å². The van der Waals surface area contributed by atoms with Crippen molar-refractivity contribution >= 4 is 11.8 Å². The first-order valence-corrected chi connectivity index (χ1v) is 9.98. The molecule has 156 valence electrons. The van der Waals surface area contributed by atoms with E-state index in [4.69, 9.17) is 5.10 Å². The van der Waals surface area contributed by atoms with Gasteiger partial charge in [0.25, 0.3) is 0 Å². The molecule has 0 aliphatic heterocycles. The zero-order valence-electron chi connectivity index (χ0n) is 17.3. The molecule has 1 heterocycles. The van der Waals surface area contributed by atoms with Crippen LogP contribution < -0.4 is 10.6 Å². The smallest absolute Gasteiger partial charge is 0.239 e. The fourth-order valence-electron chi connectivity index (χ4n) is 3.16. The summed E-state index contributed by atoms with van der Waals surface area (Å²) in [6.45, 7) is 3.10. The highest BCUT2D eigenvalue weighted by Gasteiger charge is 2.15. The van der Waals surface area contributed by atoms with Crippen LogP contribution in [0.15, 0.2) is 66.9 Å². The van der Waals surface area contributed by atoms with E-state index in [0.29, 0.717) is 13.1 Å². The SMILES string of the molecule is CCNC(=O)CNC(=O)CN(C)Cc1cn(-c2ccccc2)nc1-c1ccccc1. The second-order valence-electron chi connectivity index (χ2n) is 7.05. The molecule has 0 fully saturated rings. The number of amides is 2. The van der Waals surface area contributed by atoms with E-state index in [2.05, 4.69) is 10.6 Å². The second kappa shape index (κ2) is 10.4. The van der Waals surface area contributed by atoms with Gasteiger partial charge in [-0.25, -0.2) is 4.68 Å². The average molecular weight is 406 g/mol. The lowest BCUT2D eigenvalue weighted by Gasteiger charge is -2.16. The Morgan fingerprint density at radius 2 is 1.63 bits per heavy atom. The van der Waals surface area contributed by atoms with Gasteiger partial charge in [-0.05, 0) is 26.1 Å². The van der Waals surface area contributed by atoms with Crippen LogP contribution in [-0.4, -0.2) is 53.2 Å². The summed E-state index contributed by atoms with van der Waals surface area (Å²) in [5, 5.41) is 10.1. The Morgan fingerprint density at radius 1 is 0.967 bits per heavy atom. The lowest BCUT2D eigenvalue weighted by atomic mass is 10.1. The highest BCUT2D eigenvalue weighted by atomic mass is 16.2. The van der Waals surface area contributed by atoms with E-state index in [-0.39, 0.29) is 24.9 Å². The van der Waals surface area contributed by atoms with Gasteiger partial charge in [0.05, 0.1) is 24.5 Å². The van der Waals surface area contributed by atoms with Gasteiger partial charge < -0.3 is 10.6 Å². The van der Waals surface area contributed by atoms with Gasteiger partial charge in [0.1, 0.15) is 0 Å². The summed E-state index contributed by atoms with van der Waals surface area (Å²) in [4.78, 5) is 25.6. The van der Waals surface area contributed by atoms with E-state index in [1.807, 2.05) is 90.4 Å². The minimum Gasteiger partial charge on any atom is -0.355 e. The lowest BCUT2D eigenvalue weighted by Crippen LogP contribution is -2.41. The number of carbonyl (C=O) groups is 2. The number of benzene rings is 2. The molecular formula is C23H27N5O2. The Balaban J connectivity index is 1.73. The molecule has 7 heteroatoms. The number of carbonyl (C=O) groups excluding carboxylic acids is 2. The predicted octanol–water partition coefficient (Wildman–Crippen LogP) is 2.22. The topological polar surface area (TPSA) is 79.3 Å². The second-order valence-corrected chi connectivity index (χ2v) is 7.05. The van der Waals surface area contributed by atoms with Crippen LogP contribution in [0.4, 0.5) is 0 Å². The summed E-state index contributed by atoms with van der Waals surface area (Å²) in [6.07, 6.45) is 2.00. The Labute approximate surface area is 176 Å². The van der Waals surface area contributed by atoms with Crippen molar-refractivity contribution in [3.8, 4) is 16.9 Å². The number of hydrogen-bond acceptors (Lipinski definition) is 4. The number of rotatable bonds is 9. The molecule has 3 aromatic rings. The van der Waals surface area contributed by atoms with Crippen molar-refractivity contribution in [1.82, 2.24) is 25.3 Å². The molecule has 0 bridgehead atoms. The highest BCUT2D eigenvalue weighted by molar-refractivity contribution is 5.85. The van der Waals surface area contributed by atoms with E-state index < -0.39 is 0 Å². The predicted molar refractivity (Wildman–Crippen MR) is 117 cm³/mol. The van der Waals surface area contributed by atoms with Crippen molar-refractivity contribution in [2.45, 2.75) is 13.5 Å². The fourth-order valence-corrected chi connectivity index (χ4v) is 3.16. The van der Waals surface area contributed by atoms with Gasteiger partial charge in [0.15, 0.2) is 0 Å². The van der Waals surface area contributed by atoms with Crippen molar-refractivity contribution in [3.05, 3.63) is 72.4 Å². The first-order chi connectivity index (χ1) is 14.6. The van der Waals surface area contributed by atoms with Crippen LogP contribution in [0, 0.1) is 0 Å². The van der Waals surface area contributed by atoms with Crippen LogP contribution in [0.25, 0.3) is 16.9 Å². The first-order valence-electron chi connectivity index (χ1n) is 9.98. The van der Waals surface area contributed by atoms with E-state index in [9.17, 15) is 9.59 Å². The number of para-hydroxylation sites is 1. The molecule has 1 aromatic heterocycles. The Kier molecular flexibility index (Phi) is 7.34. The molecular weight excluding hydrogens is 378 g/mol. The molecule has 3 rings (SSSR count). The van der Waals surface area contributed by atoms with Crippen molar-refractivity contribution in [2.24, 2.45) is 0 Å². The number of likely N-dealkylation sites (N-methyl/N-ethyl adjacent to an activating group) is 2. The molecule has 2 N–H and O–H groups in total. The molecule has 0 spiro atoms. The summed E-state index contributed by atoms with van der Waals surface area (Å²) >= 11 is 0. The Bertz CT molecular complexity index is 970. The van der Waals surface area contributed by atoms with Crippen molar-refractivity contribution in [1.29, 1.82) is 0 Å². The monoisotopic (exact) mass is 405 g/mol. The van der Waals surface area contributed by atoms with Crippen LogP contribution in [-0.2, 0) is 16.1 Å². The van der Waals surface area contributed by atoms with Crippen LogP contribution in [0.3, 0.4) is 0 Å². The van der Waals surface area contributed by atoms with Gasteiger partial charge in [-0.3, -0.25) is 14.5 Å². The third kappa shape index (κ3) is 5.78. The summed E-state index contributed by atoms with van der Waals surface area (Å²) in [6, 6.07) is 19.9. The summed E-state index contributed by atoms with van der Waals surface area (Å²) in [5.41, 5.74) is 3.90. The van der Waals surface area contributed by atoms with Crippen molar-refractivity contribution in [2.75, 3.05) is 26.7 Å². The first kappa shape index (κ1) is 21.3. The van der Waals surface area contributed by atoms with Gasteiger partial charge >= 0.3 is 0 Å². The van der Waals surface area contributed by atoms with Crippen LogP contribution >= 0.6 is 0 Å². The van der Waals surface area contributed by atoms with Crippen LogP contribution in [0.1, 0.15) is 12.5 Å². The van der Waals surface area contributed by atoms with E-state index >= 15 is 0 Å². The van der Waals surface area contributed by atoms with Crippen molar-refractivity contribution < 1.29 is 9.59 Å². The minimum atomic E-state index is -0.194. The van der Waals surface area contributed by atoms with Crippen molar-refractivity contribution in [3.63, 3.8) is 0 Å². The van der Waals surface area contributed by atoms with Gasteiger partial charge in [0, 0.05) is 30.4 Å². The van der Waals surface area contributed by atoms with Gasteiger partial charge in [-0.2, -0.15) is 5.10 Å². The normalized spacial score (nSPS) is 10.8. The standard InChI is InChI=1S/C23H27N5O2/c1-3-24-21(29)14-25-22(30)17-27(2)15-19-16-28(20-12-8-5-9-13-20)26-23(19)18-10-6-4-7-11-18/h4-13,16H,3,14-15,17H2,1-2H3,(H,24,29)(H,25,30). The molecule has 0 saturated carbocycles. The zero-order valence-corrected chi connectivity index (χ0v) is 17.3.